The fraction of sp³-hybridized carbons (Fsp3) is 0.176. The zero-order chi connectivity index (χ0) is 18.6. The van der Waals surface area contributed by atoms with Crippen LogP contribution < -0.4 is 5.32 Å². The Morgan fingerprint density at radius 2 is 1.76 bits per heavy atom. The molecule has 0 fully saturated rings. The van der Waals surface area contributed by atoms with Crippen molar-refractivity contribution < 1.29 is 23.5 Å². The number of benzene rings is 2. The predicted molar refractivity (Wildman–Crippen MR) is 89.8 cm³/mol. The van der Waals surface area contributed by atoms with Gasteiger partial charge in [0.05, 0.1) is 6.42 Å². The maximum Gasteiger partial charge on any atom is 0.326 e. The van der Waals surface area contributed by atoms with E-state index < -0.39 is 41.5 Å². The van der Waals surface area contributed by atoms with Crippen molar-refractivity contribution >= 4 is 35.1 Å². The molecule has 0 aliphatic carbocycles. The van der Waals surface area contributed by atoms with Gasteiger partial charge in [0.25, 0.3) is 0 Å². The number of carboxylic acids is 1. The molecule has 2 N–H and O–H groups in total. The van der Waals surface area contributed by atoms with Crippen LogP contribution >= 0.6 is 23.2 Å². The van der Waals surface area contributed by atoms with Gasteiger partial charge >= 0.3 is 5.97 Å². The minimum Gasteiger partial charge on any atom is -0.480 e. The molecule has 2 aromatic rings. The smallest absolute Gasteiger partial charge is 0.326 e. The molecule has 4 nitrogen and oxygen atoms in total. The fourth-order valence-corrected chi connectivity index (χ4v) is 2.70. The van der Waals surface area contributed by atoms with Crippen LogP contribution in [0.3, 0.4) is 0 Å². The first-order chi connectivity index (χ1) is 11.8. The molecule has 0 saturated carbocycles. The van der Waals surface area contributed by atoms with E-state index in [4.69, 9.17) is 23.2 Å². The molecular weight excluding hydrogens is 375 g/mol. The van der Waals surface area contributed by atoms with Crippen molar-refractivity contribution in [2.24, 2.45) is 0 Å². The molecule has 1 atom stereocenters. The van der Waals surface area contributed by atoms with Crippen molar-refractivity contribution in [2.75, 3.05) is 0 Å². The van der Waals surface area contributed by atoms with E-state index in [1.165, 1.54) is 18.2 Å². The third-order valence-electron chi connectivity index (χ3n) is 3.47. The van der Waals surface area contributed by atoms with Gasteiger partial charge in [-0.25, -0.2) is 13.6 Å². The highest BCUT2D eigenvalue weighted by Crippen LogP contribution is 2.22. The normalized spacial score (nSPS) is 11.8. The average Bonchev–Trinajstić information content (AvgIpc) is 2.52. The second-order valence-corrected chi connectivity index (χ2v) is 6.12. The molecule has 132 valence electrons. The number of nitrogens with one attached hydrogen (secondary N) is 1. The number of amides is 1. The van der Waals surface area contributed by atoms with Crippen molar-refractivity contribution in [3.05, 3.63) is 69.2 Å². The summed E-state index contributed by atoms with van der Waals surface area (Å²) in [6.45, 7) is 0. The minimum absolute atomic E-state index is 0.100. The summed E-state index contributed by atoms with van der Waals surface area (Å²) < 4.78 is 27.2. The van der Waals surface area contributed by atoms with Gasteiger partial charge in [-0.05, 0) is 29.8 Å². The van der Waals surface area contributed by atoms with Crippen LogP contribution in [0.15, 0.2) is 36.4 Å². The second-order valence-electron chi connectivity index (χ2n) is 5.28. The molecule has 0 aliphatic heterocycles. The van der Waals surface area contributed by atoms with E-state index in [9.17, 15) is 23.5 Å². The Balaban J connectivity index is 2.11. The summed E-state index contributed by atoms with van der Waals surface area (Å²) in [5.74, 6) is -3.86. The predicted octanol–water partition coefficient (Wildman–Crippen LogP) is 3.63. The van der Waals surface area contributed by atoms with E-state index in [2.05, 4.69) is 5.32 Å². The Hall–Kier alpha value is -2.18. The van der Waals surface area contributed by atoms with Crippen molar-refractivity contribution in [2.45, 2.75) is 18.9 Å². The first-order valence-corrected chi connectivity index (χ1v) is 7.92. The second kappa shape index (κ2) is 8.27. The number of halogens is 4. The number of hydrogen-bond acceptors (Lipinski definition) is 2. The van der Waals surface area contributed by atoms with Crippen LogP contribution in [-0.4, -0.2) is 23.0 Å². The summed E-state index contributed by atoms with van der Waals surface area (Å²) in [6, 6.07) is 6.45. The van der Waals surface area contributed by atoms with Crippen LogP contribution in [0, 0.1) is 11.6 Å². The summed E-state index contributed by atoms with van der Waals surface area (Å²) in [4.78, 5) is 23.4. The zero-order valence-corrected chi connectivity index (χ0v) is 14.2. The lowest BCUT2D eigenvalue weighted by molar-refractivity contribution is -0.141. The van der Waals surface area contributed by atoms with Crippen molar-refractivity contribution in [3.8, 4) is 0 Å². The SMILES string of the molecule is O=C(Cc1c(F)cccc1F)N[C@@H](Cc1ccc(Cl)cc1Cl)C(=O)O. The number of carbonyl (C=O) groups excluding carboxylic acids is 1. The third kappa shape index (κ3) is 5.14. The Labute approximate surface area is 152 Å². The molecule has 0 aliphatic rings. The van der Waals surface area contributed by atoms with E-state index in [0.717, 1.165) is 12.1 Å². The highest BCUT2D eigenvalue weighted by Gasteiger charge is 2.23. The number of rotatable bonds is 6. The lowest BCUT2D eigenvalue weighted by Crippen LogP contribution is -2.43. The molecule has 0 aromatic heterocycles. The molecule has 0 unspecified atom stereocenters. The Kier molecular flexibility index (Phi) is 6.33. The van der Waals surface area contributed by atoms with Gasteiger partial charge in [-0.2, -0.15) is 0 Å². The molecule has 2 rings (SSSR count). The van der Waals surface area contributed by atoms with Crippen LogP contribution in [0.1, 0.15) is 11.1 Å². The van der Waals surface area contributed by atoms with Crippen LogP contribution in [0.2, 0.25) is 10.0 Å². The summed E-state index contributed by atoms with van der Waals surface area (Å²) in [5, 5.41) is 12.2. The van der Waals surface area contributed by atoms with Crippen molar-refractivity contribution in [1.82, 2.24) is 5.32 Å². The molecule has 0 bridgehead atoms. The molecule has 0 saturated heterocycles. The summed E-state index contributed by atoms with van der Waals surface area (Å²) in [6.07, 6.45) is -0.715. The monoisotopic (exact) mass is 387 g/mol. The van der Waals surface area contributed by atoms with Gasteiger partial charge in [0.15, 0.2) is 0 Å². The van der Waals surface area contributed by atoms with Gasteiger partial charge in [0.1, 0.15) is 17.7 Å². The van der Waals surface area contributed by atoms with Crippen molar-refractivity contribution in [3.63, 3.8) is 0 Å². The lowest BCUT2D eigenvalue weighted by Gasteiger charge is -2.16. The van der Waals surface area contributed by atoms with E-state index in [1.807, 2.05) is 0 Å². The van der Waals surface area contributed by atoms with Gasteiger partial charge in [0, 0.05) is 22.0 Å². The van der Waals surface area contributed by atoms with Gasteiger partial charge in [-0.15, -0.1) is 0 Å². The largest absolute Gasteiger partial charge is 0.480 e. The first-order valence-electron chi connectivity index (χ1n) is 7.17. The Bertz CT molecular complexity index is 794. The molecule has 1 amide bonds. The number of aliphatic carboxylic acids is 1. The quantitative estimate of drug-likeness (QED) is 0.795. The Morgan fingerprint density at radius 1 is 1.12 bits per heavy atom. The number of hydrogen-bond donors (Lipinski definition) is 2. The van der Waals surface area contributed by atoms with E-state index in [0.29, 0.717) is 10.6 Å². The van der Waals surface area contributed by atoms with E-state index in [1.54, 1.807) is 6.07 Å². The van der Waals surface area contributed by atoms with Gasteiger partial charge in [-0.3, -0.25) is 4.79 Å². The molecule has 0 heterocycles. The standard InChI is InChI=1S/C17H13Cl2F2NO3/c18-10-5-4-9(12(19)7-10)6-15(17(24)25)22-16(23)8-11-13(20)2-1-3-14(11)21/h1-5,7,15H,6,8H2,(H,22,23)(H,24,25)/t15-/m0/s1. The van der Waals surface area contributed by atoms with Crippen LogP contribution in [0.4, 0.5) is 8.78 Å². The van der Waals surface area contributed by atoms with Crippen molar-refractivity contribution in [1.29, 1.82) is 0 Å². The van der Waals surface area contributed by atoms with Gasteiger partial charge in [-0.1, -0.05) is 35.3 Å². The summed E-state index contributed by atoms with van der Waals surface area (Å²) in [7, 11) is 0. The molecule has 0 spiro atoms. The van der Waals surface area contributed by atoms with Gasteiger partial charge < -0.3 is 10.4 Å². The zero-order valence-electron chi connectivity index (χ0n) is 12.7. The lowest BCUT2D eigenvalue weighted by atomic mass is 10.0. The summed E-state index contributed by atoms with van der Waals surface area (Å²) in [5.41, 5.74) is 0.0458. The van der Waals surface area contributed by atoms with Crippen LogP contribution in [0.25, 0.3) is 0 Å². The van der Waals surface area contributed by atoms with E-state index >= 15 is 0 Å². The highest BCUT2D eigenvalue weighted by molar-refractivity contribution is 6.35. The molecule has 2 aromatic carbocycles. The minimum atomic E-state index is -1.30. The fourth-order valence-electron chi connectivity index (χ4n) is 2.21. The molecule has 25 heavy (non-hydrogen) atoms. The average molecular weight is 388 g/mol. The maximum atomic E-state index is 13.6. The Morgan fingerprint density at radius 3 is 2.32 bits per heavy atom. The third-order valence-corrected chi connectivity index (χ3v) is 4.06. The highest BCUT2D eigenvalue weighted by atomic mass is 35.5. The molecule has 0 radical (unpaired) electrons. The maximum absolute atomic E-state index is 13.6. The molecular formula is C17H13Cl2F2NO3. The van der Waals surface area contributed by atoms with E-state index in [-0.39, 0.29) is 11.4 Å². The van der Waals surface area contributed by atoms with Crippen LogP contribution in [0.5, 0.6) is 0 Å². The van der Waals surface area contributed by atoms with Gasteiger partial charge in [0.2, 0.25) is 5.91 Å². The number of carbonyl (C=O) groups is 2. The number of carboxylic acid groups (broad SMARTS) is 1. The first kappa shape index (κ1) is 19.1. The molecule has 8 heteroatoms. The topological polar surface area (TPSA) is 66.4 Å². The summed E-state index contributed by atoms with van der Waals surface area (Å²) >= 11 is 11.8. The van der Waals surface area contributed by atoms with Crippen LogP contribution in [-0.2, 0) is 22.4 Å².